The Morgan fingerprint density at radius 3 is 2.62 bits per heavy atom. The lowest BCUT2D eigenvalue weighted by Gasteiger charge is -2.32. The third-order valence-electron chi connectivity index (χ3n) is 5.07. The summed E-state index contributed by atoms with van der Waals surface area (Å²) >= 11 is 0. The number of rotatable bonds is 5. The molecule has 0 aromatic heterocycles. The fourth-order valence-electron chi connectivity index (χ4n) is 3.59. The van der Waals surface area contributed by atoms with E-state index in [0.717, 1.165) is 12.1 Å². The molecule has 2 aromatic rings. The van der Waals surface area contributed by atoms with Crippen molar-refractivity contribution in [3.63, 3.8) is 0 Å². The second-order valence-electron chi connectivity index (χ2n) is 7.08. The molecule has 0 unspecified atom stereocenters. The number of para-hydroxylation sites is 2. The maximum atomic E-state index is 12.5. The van der Waals surface area contributed by atoms with Crippen LogP contribution in [0.3, 0.4) is 0 Å². The molecule has 0 aliphatic carbocycles. The summed E-state index contributed by atoms with van der Waals surface area (Å²) in [6.45, 7) is 2.62. The van der Waals surface area contributed by atoms with Crippen LogP contribution in [-0.2, 0) is 14.4 Å². The van der Waals surface area contributed by atoms with Crippen LogP contribution in [0, 0.1) is 0 Å². The van der Waals surface area contributed by atoms with Crippen molar-refractivity contribution < 1.29 is 23.9 Å². The number of carbonyl (C=O) groups is 3. The van der Waals surface area contributed by atoms with Crippen LogP contribution in [0.5, 0.6) is 11.5 Å². The molecule has 1 atom stereocenters. The largest absolute Gasteiger partial charge is 0.479 e. The highest BCUT2D eigenvalue weighted by Crippen LogP contribution is 2.33. The van der Waals surface area contributed by atoms with Crippen molar-refractivity contribution >= 4 is 29.2 Å². The van der Waals surface area contributed by atoms with Gasteiger partial charge in [0.05, 0.1) is 12.1 Å². The van der Waals surface area contributed by atoms with Crippen LogP contribution in [-0.4, -0.2) is 37.0 Å². The van der Waals surface area contributed by atoms with Gasteiger partial charge in [-0.25, -0.2) is 0 Å². The maximum absolute atomic E-state index is 12.5. The molecule has 1 saturated heterocycles. The SMILES string of the molecule is C[C@H]1Oc2ccccc2N(CCC(=O)Oc2ccc(N3CCCC3=O)cc2)C1=O. The summed E-state index contributed by atoms with van der Waals surface area (Å²) in [5, 5.41) is 0. The molecule has 7 heteroatoms. The summed E-state index contributed by atoms with van der Waals surface area (Å²) in [4.78, 5) is 39.9. The molecule has 0 N–H and O–H groups in total. The van der Waals surface area contributed by atoms with E-state index in [1.165, 1.54) is 0 Å². The number of hydrogen-bond acceptors (Lipinski definition) is 5. The second-order valence-corrected chi connectivity index (χ2v) is 7.08. The summed E-state index contributed by atoms with van der Waals surface area (Å²) < 4.78 is 11.0. The summed E-state index contributed by atoms with van der Waals surface area (Å²) in [6.07, 6.45) is 0.886. The van der Waals surface area contributed by atoms with E-state index in [0.29, 0.717) is 30.2 Å². The van der Waals surface area contributed by atoms with Gasteiger partial charge in [0.1, 0.15) is 11.5 Å². The summed E-state index contributed by atoms with van der Waals surface area (Å²) in [5.74, 6) is 0.530. The number of carbonyl (C=O) groups excluding carboxylic acids is 3. The van der Waals surface area contributed by atoms with Gasteiger partial charge in [-0.3, -0.25) is 14.4 Å². The molecule has 150 valence electrons. The Bertz CT molecular complexity index is 940. The molecule has 0 spiro atoms. The van der Waals surface area contributed by atoms with Crippen LogP contribution in [0.4, 0.5) is 11.4 Å². The number of nitrogens with zero attached hydrogens (tertiary/aromatic N) is 2. The van der Waals surface area contributed by atoms with E-state index >= 15 is 0 Å². The van der Waals surface area contributed by atoms with E-state index < -0.39 is 12.1 Å². The molecule has 1 fully saturated rings. The Morgan fingerprint density at radius 1 is 1.14 bits per heavy atom. The Balaban J connectivity index is 1.37. The van der Waals surface area contributed by atoms with Crippen LogP contribution >= 0.6 is 0 Å². The maximum Gasteiger partial charge on any atom is 0.312 e. The molecular formula is C22H22N2O5. The first-order valence-corrected chi connectivity index (χ1v) is 9.71. The first kappa shape index (κ1) is 19.0. The van der Waals surface area contributed by atoms with Crippen molar-refractivity contribution in [3.8, 4) is 11.5 Å². The van der Waals surface area contributed by atoms with E-state index in [2.05, 4.69) is 0 Å². The Hall–Kier alpha value is -3.35. The van der Waals surface area contributed by atoms with E-state index in [1.807, 2.05) is 12.1 Å². The van der Waals surface area contributed by atoms with Crippen molar-refractivity contribution in [3.05, 3.63) is 48.5 Å². The predicted molar refractivity (Wildman–Crippen MR) is 107 cm³/mol. The lowest BCUT2D eigenvalue weighted by atomic mass is 10.2. The lowest BCUT2D eigenvalue weighted by Crippen LogP contribution is -2.45. The van der Waals surface area contributed by atoms with Gasteiger partial charge in [0.2, 0.25) is 5.91 Å². The number of amides is 2. The molecule has 29 heavy (non-hydrogen) atoms. The van der Waals surface area contributed by atoms with Gasteiger partial charge in [-0.05, 0) is 49.7 Å². The lowest BCUT2D eigenvalue weighted by molar-refractivity contribution is -0.134. The van der Waals surface area contributed by atoms with Crippen molar-refractivity contribution in [2.75, 3.05) is 22.9 Å². The Kier molecular flexibility index (Phi) is 5.20. The molecule has 2 amide bonds. The van der Waals surface area contributed by atoms with Gasteiger partial charge in [0, 0.05) is 25.2 Å². The highest BCUT2D eigenvalue weighted by atomic mass is 16.5. The van der Waals surface area contributed by atoms with Crippen LogP contribution < -0.4 is 19.3 Å². The average molecular weight is 394 g/mol. The first-order valence-electron chi connectivity index (χ1n) is 9.71. The van der Waals surface area contributed by atoms with Gasteiger partial charge < -0.3 is 19.3 Å². The van der Waals surface area contributed by atoms with Crippen molar-refractivity contribution in [1.29, 1.82) is 0 Å². The molecule has 4 rings (SSSR count). The minimum Gasteiger partial charge on any atom is -0.479 e. The van der Waals surface area contributed by atoms with E-state index in [9.17, 15) is 14.4 Å². The smallest absolute Gasteiger partial charge is 0.312 e. The molecule has 0 radical (unpaired) electrons. The Labute approximate surface area is 168 Å². The third kappa shape index (κ3) is 3.94. The van der Waals surface area contributed by atoms with E-state index in [-0.39, 0.29) is 24.8 Å². The number of esters is 1. The third-order valence-corrected chi connectivity index (χ3v) is 5.07. The predicted octanol–water partition coefficient (Wildman–Crippen LogP) is 2.92. The van der Waals surface area contributed by atoms with Gasteiger partial charge in [0.15, 0.2) is 6.10 Å². The number of fused-ring (bicyclic) bond motifs is 1. The molecule has 7 nitrogen and oxygen atoms in total. The molecule has 0 bridgehead atoms. The van der Waals surface area contributed by atoms with E-state index in [4.69, 9.17) is 9.47 Å². The zero-order valence-electron chi connectivity index (χ0n) is 16.2. The van der Waals surface area contributed by atoms with Gasteiger partial charge in [-0.2, -0.15) is 0 Å². The van der Waals surface area contributed by atoms with Crippen LogP contribution in [0.1, 0.15) is 26.2 Å². The topological polar surface area (TPSA) is 76.2 Å². The minimum absolute atomic E-state index is 0.0547. The monoisotopic (exact) mass is 394 g/mol. The molecule has 0 saturated carbocycles. The van der Waals surface area contributed by atoms with Crippen molar-refractivity contribution in [2.24, 2.45) is 0 Å². The van der Waals surface area contributed by atoms with Gasteiger partial charge in [-0.15, -0.1) is 0 Å². The zero-order chi connectivity index (χ0) is 20.4. The zero-order valence-corrected chi connectivity index (χ0v) is 16.2. The minimum atomic E-state index is -0.596. The first-order chi connectivity index (χ1) is 14.0. The average Bonchev–Trinajstić information content (AvgIpc) is 3.15. The van der Waals surface area contributed by atoms with Crippen LogP contribution in [0.15, 0.2) is 48.5 Å². The normalized spacial score (nSPS) is 18.4. The molecule has 2 aliphatic rings. The van der Waals surface area contributed by atoms with Gasteiger partial charge in [0.25, 0.3) is 5.91 Å². The number of ether oxygens (including phenoxy) is 2. The van der Waals surface area contributed by atoms with Crippen molar-refractivity contribution in [1.82, 2.24) is 0 Å². The van der Waals surface area contributed by atoms with Crippen LogP contribution in [0.2, 0.25) is 0 Å². The summed E-state index contributed by atoms with van der Waals surface area (Å²) in [6, 6.07) is 14.2. The number of hydrogen-bond donors (Lipinski definition) is 0. The Morgan fingerprint density at radius 2 is 1.90 bits per heavy atom. The fourth-order valence-corrected chi connectivity index (χ4v) is 3.59. The number of anilines is 2. The second kappa shape index (κ2) is 7.95. The summed E-state index contributed by atoms with van der Waals surface area (Å²) in [7, 11) is 0. The molecule has 2 heterocycles. The van der Waals surface area contributed by atoms with Crippen molar-refractivity contribution in [2.45, 2.75) is 32.3 Å². The standard InChI is InChI=1S/C22H22N2O5/c1-15-22(27)24(18-5-2-3-6-19(18)28-15)14-12-21(26)29-17-10-8-16(9-11-17)23-13-4-7-20(23)25/h2-3,5-6,8-11,15H,4,7,12-14H2,1H3/t15-/m1/s1. The quantitative estimate of drug-likeness (QED) is 0.576. The highest BCUT2D eigenvalue weighted by molar-refractivity contribution is 6.00. The number of benzene rings is 2. The van der Waals surface area contributed by atoms with E-state index in [1.54, 1.807) is 53.1 Å². The van der Waals surface area contributed by atoms with Gasteiger partial charge >= 0.3 is 5.97 Å². The molecular weight excluding hydrogens is 372 g/mol. The highest BCUT2D eigenvalue weighted by Gasteiger charge is 2.31. The summed E-state index contributed by atoms with van der Waals surface area (Å²) in [5.41, 5.74) is 1.46. The fraction of sp³-hybridized carbons (Fsp3) is 0.318. The molecule has 2 aromatic carbocycles. The van der Waals surface area contributed by atoms with Gasteiger partial charge in [-0.1, -0.05) is 12.1 Å². The van der Waals surface area contributed by atoms with Crippen LogP contribution in [0.25, 0.3) is 0 Å². The molecule has 2 aliphatic heterocycles.